The van der Waals surface area contributed by atoms with Crippen LogP contribution in [0.4, 0.5) is 0 Å². The quantitative estimate of drug-likeness (QED) is 0.101. The van der Waals surface area contributed by atoms with Crippen LogP contribution in [0.3, 0.4) is 0 Å². The lowest BCUT2D eigenvalue weighted by molar-refractivity contribution is -0.136. The molecule has 7 heteroatoms. The van der Waals surface area contributed by atoms with Crippen molar-refractivity contribution in [1.82, 2.24) is 0 Å². The van der Waals surface area contributed by atoms with Crippen LogP contribution in [-0.2, 0) is 19.1 Å². The molecule has 35 heavy (non-hydrogen) atoms. The Morgan fingerprint density at radius 3 is 2.14 bits per heavy atom. The van der Waals surface area contributed by atoms with Crippen LogP contribution in [0.5, 0.6) is 0 Å². The normalized spacial score (nSPS) is 15.5. The minimum absolute atomic E-state index is 0.115. The van der Waals surface area contributed by atoms with Crippen LogP contribution in [0.2, 0.25) is 0 Å². The summed E-state index contributed by atoms with van der Waals surface area (Å²) in [6.45, 7) is 5.44. The first-order valence-electron chi connectivity index (χ1n) is 11.5. The Balaban J connectivity index is 4.41. The van der Waals surface area contributed by atoms with Crippen molar-refractivity contribution in [3.05, 3.63) is 83.6 Å². The van der Waals surface area contributed by atoms with Gasteiger partial charge in [-0.25, -0.2) is 9.59 Å². The summed E-state index contributed by atoms with van der Waals surface area (Å²) in [7, 11) is 1.63. The van der Waals surface area contributed by atoms with Crippen molar-refractivity contribution >= 4 is 17.9 Å². The first-order valence-corrected chi connectivity index (χ1v) is 11.5. The molecular weight excluding hydrogens is 448 g/mol. The second-order valence-corrected chi connectivity index (χ2v) is 8.13. The van der Waals surface area contributed by atoms with E-state index in [-0.39, 0.29) is 29.6 Å². The first kappa shape index (κ1) is 31.6. The van der Waals surface area contributed by atoms with Gasteiger partial charge in [0.2, 0.25) is 0 Å². The lowest BCUT2D eigenvalue weighted by Crippen LogP contribution is -2.10. The summed E-state index contributed by atoms with van der Waals surface area (Å²) in [5, 5.41) is 26.6. The van der Waals surface area contributed by atoms with E-state index in [0.717, 1.165) is 30.9 Å². The monoisotopic (exact) mass is 486 g/mol. The molecule has 0 rings (SSSR count). The molecule has 0 saturated heterocycles. The summed E-state index contributed by atoms with van der Waals surface area (Å²) >= 11 is 0. The van der Waals surface area contributed by atoms with E-state index in [1.165, 1.54) is 0 Å². The maximum atomic E-state index is 10.9. The Morgan fingerprint density at radius 2 is 1.54 bits per heavy atom. The van der Waals surface area contributed by atoms with E-state index >= 15 is 0 Å². The minimum Gasteiger partial charge on any atom is -0.481 e. The Bertz CT molecular complexity index is 898. The predicted molar refractivity (Wildman–Crippen MR) is 138 cm³/mol. The van der Waals surface area contributed by atoms with Crippen molar-refractivity contribution in [2.45, 2.75) is 59.0 Å². The van der Waals surface area contributed by atoms with Crippen molar-refractivity contribution in [2.75, 3.05) is 7.11 Å². The molecule has 0 saturated carbocycles. The number of unbranched alkanes of at least 4 members (excludes halogenated alkanes) is 1. The molecule has 0 fully saturated rings. The summed E-state index contributed by atoms with van der Waals surface area (Å²) in [5.74, 6) is -3.01. The molecule has 0 spiro atoms. The molecular formula is C28H38O7. The molecule has 0 aliphatic heterocycles. The zero-order valence-electron chi connectivity index (χ0n) is 21.0. The number of hydrogen-bond donors (Lipinski definition) is 3. The summed E-state index contributed by atoms with van der Waals surface area (Å²) in [5.41, 5.74) is 1.48. The fourth-order valence-corrected chi connectivity index (χ4v) is 2.84. The number of methoxy groups -OCH3 is 1. The van der Waals surface area contributed by atoms with Crippen LogP contribution in [0.1, 0.15) is 52.9 Å². The van der Waals surface area contributed by atoms with Crippen LogP contribution < -0.4 is 0 Å². The second kappa shape index (κ2) is 18.9. The predicted octanol–water partition coefficient (Wildman–Crippen LogP) is 5.89. The topological polar surface area (TPSA) is 121 Å². The Morgan fingerprint density at radius 1 is 0.886 bits per heavy atom. The van der Waals surface area contributed by atoms with Gasteiger partial charge >= 0.3 is 17.9 Å². The van der Waals surface area contributed by atoms with E-state index in [9.17, 15) is 14.4 Å². The largest absolute Gasteiger partial charge is 0.481 e. The first-order chi connectivity index (χ1) is 16.6. The van der Waals surface area contributed by atoms with E-state index in [4.69, 9.17) is 20.1 Å². The molecule has 0 aromatic carbocycles. The molecule has 0 amide bonds. The number of carboxylic acids is 3. The third-order valence-corrected chi connectivity index (χ3v) is 4.94. The number of aliphatic carboxylic acids is 3. The molecule has 0 aliphatic rings. The van der Waals surface area contributed by atoms with Gasteiger partial charge in [-0.2, -0.15) is 0 Å². The highest BCUT2D eigenvalue weighted by molar-refractivity contribution is 5.86. The highest BCUT2D eigenvalue weighted by Crippen LogP contribution is 2.12. The number of ether oxygens (including phenoxy) is 1. The molecule has 0 aromatic heterocycles. The molecule has 7 nitrogen and oxygen atoms in total. The van der Waals surface area contributed by atoms with Gasteiger partial charge in [-0.05, 0) is 56.6 Å². The Kier molecular flexibility index (Phi) is 17.1. The molecule has 0 aromatic rings. The van der Waals surface area contributed by atoms with E-state index < -0.39 is 17.9 Å². The summed E-state index contributed by atoms with van der Waals surface area (Å²) in [4.78, 5) is 32.4. The summed E-state index contributed by atoms with van der Waals surface area (Å²) in [6.07, 6.45) is 22.6. The number of allylic oxidation sites excluding steroid dienone is 9. The second-order valence-electron chi connectivity index (χ2n) is 8.13. The molecule has 0 bridgehead atoms. The highest BCUT2D eigenvalue weighted by atomic mass is 16.5. The lowest BCUT2D eigenvalue weighted by Gasteiger charge is -2.13. The molecule has 2 unspecified atom stereocenters. The van der Waals surface area contributed by atoms with Crippen molar-refractivity contribution in [3.8, 4) is 0 Å². The van der Waals surface area contributed by atoms with Crippen molar-refractivity contribution < 1.29 is 34.4 Å². The van der Waals surface area contributed by atoms with E-state index in [1.54, 1.807) is 32.3 Å². The molecule has 0 heterocycles. The standard InChI is InChI=1S/C28H38O7/c1-21(15-18-24(19-26(29)30)20-27(31)32)13-11-9-7-5-6-8-10-12-14-25(35-4)22(2)16-17-23(3)28(33)34/h6,8-12,15-19,21,25H,5,7,13-14,20H2,1-4H3,(H,29,30)(H,31,32)(H,33,34)/b8-6+,11-9-,12-10+,18-15-,22-16-,23-17+,24-19+. The smallest absolute Gasteiger partial charge is 0.331 e. The maximum Gasteiger partial charge on any atom is 0.331 e. The van der Waals surface area contributed by atoms with Crippen LogP contribution in [0.25, 0.3) is 0 Å². The van der Waals surface area contributed by atoms with Gasteiger partial charge < -0.3 is 20.1 Å². The Labute approximate surface area is 208 Å². The van der Waals surface area contributed by atoms with Gasteiger partial charge in [0.25, 0.3) is 0 Å². The van der Waals surface area contributed by atoms with E-state index in [2.05, 4.69) is 18.2 Å². The zero-order valence-corrected chi connectivity index (χ0v) is 21.0. The Hall–Kier alpha value is -3.45. The molecule has 2 atom stereocenters. The zero-order chi connectivity index (χ0) is 26.6. The number of carbonyl (C=O) groups is 3. The van der Waals surface area contributed by atoms with Gasteiger partial charge in [-0.1, -0.05) is 67.7 Å². The molecule has 0 radical (unpaired) electrons. The van der Waals surface area contributed by atoms with E-state index in [1.807, 2.05) is 38.2 Å². The van der Waals surface area contributed by atoms with Crippen LogP contribution >= 0.6 is 0 Å². The average molecular weight is 487 g/mol. The molecule has 0 aliphatic carbocycles. The third-order valence-electron chi connectivity index (χ3n) is 4.94. The van der Waals surface area contributed by atoms with Crippen molar-refractivity contribution in [3.63, 3.8) is 0 Å². The average Bonchev–Trinajstić information content (AvgIpc) is 2.78. The van der Waals surface area contributed by atoms with Crippen molar-refractivity contribution in [2.24, 2.45) is 5.92 Å². The fourth-order valence-electron chi connectivity index (χ4n) is 2.84. The molecule has 192 valence electrons. The van der Waals surface area contributed by atoms with Gasteiger partial charge in [0.1, 0.15) is 0 Å². The van der Waals surface area contributed by atoms with Gasteiger partial charge in [-0.3, -0.25) is 4.79 Å². The van der Waals surface area contributed by atoms with Gasteiger partial charge in [-0.15, -0.1) is 0 Å². The third kappa shape index (κ3) is 17.7. The lowest BCUT2D eigenvalue weighted by atomic mass is 10.0. The van der Waals surface area contributed by atoms with Gasteiger partial charge in [0.05, 0.1) is 12.5 Å². The SMILES string of the molecule is COC(C/C=C/C=C/CC/C=C\CC(C)/C=C\C(=C/C(=O)O)CC(=O)O)/C(C)=C\C=C(/C)C(=O)O. The van der Waals surface area contributed by atoms with Crippen LogP contribution in [0.15, 0.2) is 83.6 Å². The minimum atomic E-state index is -1.16. The highest BCUT2D eigenvalue weighted by Gasteiger charge is 2.07. The summed E-state index contributed by atoms with van der Waals surface area (Å²) in [6, 6.07) is 0. The van der Waals surface area contributed by atoms with Crippen LogP contribution in [-0.4, -0.2) is 46.4 Å². The fraction of sp³-hybridized carbons (Fsp3) is 0.393. The van der Waals surface area contributed by atoms with Gasteiger partial charge in [0, 0.05) is 18.8 Å². The van der Waals surface area contributed by atoms with Crippen LogP contribution in [0, 0.1) is 5.92 Å². The summed E-state index contributed by atoms with van der Waals surface area (Å²) < 4.78 is 5.47. The number of hydrogen-bond acceptors (Lipinski definition) is 4. The number of rotatable bonds is 17. The molecule has 3 N–H and O–H groups in total. The maximum absolute atomic E-state index is 10.9. The van der Waals surface area contributed by atoms with Gasteiger partial charge in [0.15, 0.2) is 0 Å². The van der Waals surface area contributed by atoms with Crippen molar-refractivity contribution in [1.29, 1.82) is 0 Å². The number of carboxylic acid groups (broad SMARTS) is 3. The van der Waals surface area contributed by atoms with E-state index in [0.29, 0.717) is 6.42 Å².